The first-order chi connectivity index (χ1) is 12.7. The Labute approximate surface area is 162 Å². The number of carbonyl (C=O) groups excluding carboxylic acids is 2. The van der Waals surface area contributed by atoms with E-state index in [1.54, 1.807) is 24.3 Å². The lowest BCUT2D eigenvalue weighted by Gasteiger charge is -2.26. The van der Waals surface area contributed by atoms with Gasteiger partial charge in [0.2, 0.25) is 11.8 Å². The van der Waals surface area contributed by atoms with Crippen molar-refractivity contribution < 1.29 is 22.8 Å². The summed E-state index contributed by atoms with van der Waals surface area (Å²) in [4.78, 5) is 25.1. The van der Waals surface area contributed by atoms with E-state index in [4.69, 9.17) is 11.6 Å². The van der Waals surface area contributed by atoms with E-state index in [1.807, 2.05) is 5.32 Å². The highest BCUT2D eigenvalue weighted by Gasteiger charge is 2.42. The number of hydrogen-bond donors (Lipinski definition) is 2. The number of thioether (sulfide) groups is 1. The Balaban J connectivity index is 1.71. The fraction of sp³-hybridized carbons (Fsp3) is 0.222. The molecule has 2 aromatic rings. The van der Waals surface area contributed by atoms with Crippen LogP contribution in [0.25, 0.3) is 0 Å². The highest BCUT2D eigenvalue weighted by Crippen LogP contribution is 2.38. The fourth-order valence-electron chi connectivity index (χ4n) is 2.64. The number of rotatable bonds is 4. The van der Waals surface area contributed by atoms with E-state index < -0.39 is 29.3 Å². The van der Waals surface area contributed by atoms with Crippen molar-refractivity contribution in [3.8, 4) is 0 Å². The molecule has 2 aromatic carbocycles. The summed E-state index contributed by atoms with van der Waals surface area (Å²) in [7, 11) is 0. The van der Waals surface area contributed by atoms with Crippen LogP contribution in [0.1, 0.15) is 18.0 Å². The van der Waals surface area contributed by atoms with Gasteiger partial charge in [0, 0.05) is 16.3 Å². The SMILES string of the molecule is O=C(CC1Sc2ccc(Cl)cc2NC1=O)NC(c1ccccc1)C(F)(F)F. The number of anilines is 1. The molecule has 1 heterocycles. The number of hydrogen-bond acceptors (Lipinski definition) is 3. The van der Waals surface area contributed by atoms with E-state index >= 15 is 0 Å². The van der Waals surface area contributed by atoms with Crippen LogP contribution in [0.15, 0.2) is 53.4 Å². The van der Waals surface area contributed by atoms with E-state index in [2.05, 4.69) is 5.32 Å². The number of benzene rings is 2. The Morgan fingerprint density at radius 2 is 1.93 bits per heavy atom. The maximum absolute atomic E-state index is 13.3. The van der Waals surface area contributed by atoms with Crippen molar-refractivity contribution in [1.82, 2.24) is 5.32 Å². The van der Waals surface area contributed by atoms with Crippen molar-refractivity contribution in [3.63, 3.8) is 0 Å². The molecule has 1 aliphatic heterocycles. The average Bonchev–Trinajstić information content (AvgIpc) is 2.60. The van der Waals surface area contributed by atoms with Crippen molar-refractivity contribution in [2.24, 2.45) is 0 Å². The maximum Gasteiger partial charge on any atom is 0.412 e. The Bertz CT molecular complexity index is 861. The summed E-state index contributed by atoms with van der Waals surface area (Å²) in [5, 5.41) is 4.24. The molecule has 2 unspecified atom stereocenters. The van der Waals surface area contributed by atoms with Gasteiger partial charge in [0.05, 0.1) is 10.9 Å². The lowest BCUT2D eigenvalue weighted by atomic mass is 10.1. The van der Waals surface area contributed by atoms with Crippen LogP contribution < -0.4 is 10.6 Å². The molecular weight excluding hydrogens is 401 g/mol. The summed E-state index contributed by atoms with van der Waals surface area (Å²) in [5.74, 6) is -1.31. The summed E-state index contributed by atoms with van der Waals surface area (Å²) in [5.41, 5.74) is 0.450. The molecule has 0 fully saturated rings. The standard InChI is InChI=1S/C18H14ClF3N2O2S/c19-11-6-7-13-12(8-11)23-17(26)14(27-13)9-15(25)24-16(18(20,21)22)10-4-2-1-3-5-10/h1-8,14,16H,9H2,(H,23,26)(H,24,25). The van der Waals surface area contributed by atoms with Gasteiger partial charge in [0.25, 0.3) is 0 Å². The van der Waals surface area contributed by atoms with Gasteiger partial charge in [-0.15, -0.1) is 11.8 Å². The van der Waals surface area contributed by atoms with Gasteiger partial charge in [-0.05, 0) is 23.8 Å². The molecule has 0 bridgehead atoms. The van der Waals surface area contributed by atoms with Crippen molar-refractivity contribution in [2.45, 2.75) is 28.8 Å². The normalized spacial score (nSPS) is 17.6. The fourth-order valence-corrected chi connectivity index (χ4v) is 3.91. The molecule has 0 saturated heterocycles. The summed E-state index contributed by atoms with van der Waals surface area (Å²) in [6, 6.07) is 9.87. The monoisotopic (exact) mass is 414 g/mol. The van der Waals surface area contributed by atoms with Gasteiger partial charge in [0.15, 0.2) is 6.04 Å². The van der Waals surface area contributed by atoms with Crippen molar-refractivity contribution >= 4 is 40.9 Å². The first kappa shape index (κ1) is 19.6. The largest absolute Gasteiger partial charge is 0.412 e. The van der Waals surface area contributed by atoms with E-state index in [1.165, 1.54) is 24.3 Å². The second-order valence-corrected chi connectivity index (χ2v) is 7.57. The third-order valence-corrected chi connectivity index (χ3v) is 5.41. The zero-order chi connectivity index (χ0) is 19.6. The Morgan fingerprint density at radius 1 is 1.22 bits per heavy atom. The van der Waals surface area contributed by atoms with Crippen LogP contribution in [0.4, 0.5) is 18.9 Å². The molecule has 142 valence electrons. The lowest BCUT2D eigenvalue weighted by Crippen LogP contribution is -2.41. The Hall–Kier alpha value is -2.19. The molecule has 2 amide bonds. The molecule has 0 aromatic heterocycles. The number of carbonyl (C=O) groups is 2. The third kappa shape index (κ3) is 4.75. The molecule has 2 N–H and O–H groups in total. The van der Waals surface area contributed by atoms with E-state index in [0.717, 1.165) is 11.8 Å². The maximum atomic E-state index is 13.3. The molecule has 0 saturated carbocycles. The topological polar surface area (TPSA) is 58.2 Å². The van der Waals surface area contributed by atoms with Gasteiger partial charge in [0.1, 0.15) is 0 Å². The number of halogens is 4. The van der Waals surface area contributed by atoms with E-state index in [9.17, 15) is 22.8 Å². The average molecular weight is 415 g/mol. The van der Waals surface area contributed by atoms with Gasteiger partial charge in [-0.3, -0.25) is 9.59 Å². The van der Waals surface area contributed by atoms with Gasteiger partial charge >= 0.3 is 6.18 Å². The second kappa shape index (κ2) is 7.82. The zero-order valence-electron chi connectivity index (χ0n) is 13.7. The molecule has 1 aliphatic rings. The number of nitrogens with one attached hydrogen (secondary N) is 2. The summed E-state index contributed by atoms with van der Waals surface area (Å²) >= 11 is 6.99. The molecule has 4 nitrogen and oxygen atoms in total. The smallest absolute Gasteiger partial charge is 0.341 e. The van der Waals surface area contributed by atoms with Crippen LogP contribution in [0, 0.1) is 0 Å². The summed E-state index contributed by atoms with van der Waals surface area (Å²) in [6.45, 7) is 0. The van der Waals surface area contributed by atoms with Gasteiger partial charge in [-0.2, -0.15) is 13.2 Å². The number of alkyl halides is 3. The van der Waals surface area contributed by atoms with Crippen LogP contribution in [0.2, 0.25) is 5.02 Å². The molecule has 0 radical (unpaired) electrons. The molecule has 3 rings (SSSR count). The van der Waals surface area contributed by atoms with Crippen LogP contribution in [0.5, 0.6) is 0 Å². The zero-order valence-corrected chi connectivity index (χ0v) is 15.3. The first-order valence-electron chi connectivity index (χ1n) is 7.92. The minimum absolute atomic E-state index is 0.0703. The van der Waals surface area contributed by atoms with Gasteiger partial charge in [-0.1, -0.05) is 41.9 Å². The number of fused-ring (bicyclic) bond motifs is 1. The predicted octanol–water partition coefficient (Wildman–Crippen LogP) is 4.56. The van der Waals surface area contributed by atoms with Crippen LogP contribution in [-0.2, 0) is 9.59 Å². The summed E-state index contributed by atoms with van der Waals surface area (Å²) < 4.78 is 40.0. The third-order valence-electron chi connectivity index (χ3n) is 3.90. The second-order valence-electron chi connectivity index (χ2n) is 5.89. The molecular formula is C18H14ClF3N2O2S. The Kier molecular flexibility index (Phi) is 5.67. The van der Waals surface area contributed by atoms with Gasteiger partial charge in [-0.25, -0.2) is 0 Å². The van der Waals surface area contributed by atoms with E-state index in [0.29, 0.717) is 15.6 Å². The van der Waals surface area contributed by atoms with Crippen LogP contribution >= 0.6 is 23.4 Å². The molecule has 9 heteroatoms. The Morgan fingerprint density at radius 3 is 2.59 bits per heavy atom. The first-order valence-corrected chi connectivity index (χ1v) is 9.18. The van der Waals surface area contributed by atoms with Crippen molar-refractivity contribution in [2.75, 3.05) is 5.32 Å². The minimum atomic E-state index is -4.65. The highest BCUT2D eigenvalue weighted by atomic mass is 35.5. The predicted molar refractivity (Wildman–Crippen MR) is 97.7 cm³/mol. The minimum Gasteiger partial charge on any atom is -0.341 e. The van der Waals surface area contributed by atoms with Crippen LogP contribution in [0.3, 0.4) is 0 Å². The number of amides is 2. The molecule has 0 spiro atoms. The van der Waals surface area contributed by atoms with Crippen molar-refractivity contribution in [3.05, 3.63) is 59.1 Å². The molecule has 2 atom stereocenters. The van der Waals surface area contributed by atoms with Gasteiger partial charge < -0.3 is 10.6 Å². The molecule has 27 heavy (non-hydrogen) atoms. The quantitative estimate of drug-likeness (QED) is 0.771. The van der Waals surface area contributed by atoms with E-state index in [-0.39, 0.29) is 12.0 Å². The molecule has 0 aliphatic carbocycles. The highest BCUT2D eigenvalue weighted by molar-refractivity contribution is 8.01. The van der Waals surface area contributed by atoms with Crippen LogP contribution in [-0.4, -0.2) is 23.2 Å². The summed E-state index contributed by atoms with van der Waals surface area (Å²) in [6.07, 6.45) is -5.03. The van der Waals surface area contributed by atoms with Crippen molar-refractivity contribution in [1.29, 1.82) is 0 Å². The lowest BCUT2D eigenvalue weighted by molar-refractivity contribution is -0.163.